The first-order valence-corrected chi connectivity index (χ1v) is 8.76. The molecule has 1 fully saturated rings. The van der Waals surface area contributed by atoms with Crippen molar-refractivity contribution in [3.05, 3.63) is 59.9 Å². The average molecular weight is 356 g/mol. The fraction of sp³-hybridized carbons (Fsp3) is 0.350. The normalized spacial score (nSPS) is 23.2. The van der Waals surface area contributed by atoms with Crippen molar-refractivity contribution in [3.63, 3.8) is 0 Å². The van der Waals surface area contributed by atoms with Crippen LogP contribution in [0.1, 0.15) is 17.9 Å². The Kier molecular flexibility index (Phi) is 4.41. The largest absolute Gasteiger partial charge is 0.486 e. The number of carbonyl (C=O) groups is 1. The first-order chi connectivity index (χ1) is 12.6. The number of para-hydroxylation sites is 2. The highest BCUT2D eigenvalue weighted by Crippen LogP contribution is 2.40. The lowest BCUT2D eigenvalue weighted by Gasteiger charge is -2.29. The van der Waals surface area contributed by atoms with E-state index in [-0.39, 0.29) is 29.9 Å². The first kappa shape index (κ1) is 16.7. The SMILES string of the molecule is CN(C[C@@H]1COc2ccccc2O1)C(=O)N[C@@H]1C[C@@H]1c1ccc(F)cc1. The number of carbonyl (C=O) groups excluding carboxylic acids is 1. The zero-order valence-corrected chi connectivity index (χ0v) is 14.5. The Labute approximate surface area is 151 Å². The van der Waals surface area contributed by atoms with E-state index in [0.29, 0.717) is 18.9 Å². The Balaban J connectivity index is 1.27. The lowest BCUT2D eigenvalue weighted by atomic mass is 10.1. The van der Waals surface area contributed by atoms with Crippen LogP contribution in [-0.4, -0.2) is 43.3 Å². The van der Waals surface area contributed by atoms with Crippen molar-refractivity contribution in [3.8, 4) is 11.5 Å². The van der Waals surface area contributed by atoms with Gasteiger partial charge >= 0.3 is 6.03 Å². The molecule has 1 saturated carbocycles. The number of likely N-dealkylation sites (N-methyl/N-ethyl adjacent to an activating group) is 1. The van der Waals surface area contributed by atoms with Gasteiger partial charge in [0.15, 0.2) is 17.6 Å². The molecule has 2 aromatic rings. The Morgan fingerprint density at radius 2 is 1.92 bits per heavy atom. The standard InChI is InChI=1S/C20H21FN2O3/c1-23(11-15-12-25-18-4-2-3-5-19(18)26-15)20(24)22-17-10-16(17)13-6-8-14(21)9-7-13/h2-9,15-17H,10-12H2,1H3,(H,22,24)/t15-,16-,17-/m1/s1. The van der Waals surface area contributed by atoms with Crippen LogP contribution in [0, 0.1) is 5.82 Å². The fourth-order valence-corrected chi connectivity index (χ4v) is 3.24. The second-order valence-electron chi connectivity index (χ2n) is 6.83. The van der Waals surface area contributed by atoms with Gasteiger partial charge in [0.05, 0.1) is 6.54 Å². The third kappa shape index (κ3) is 3.59. The summed E-state index contributed by atoms with van der Waals surface area (Å²) < 4.78 is 24.6. The molecule has 3 atom stereocenters. The van der Waals surface area contributed by atoms with Crippen molar-refractivity contribution < 1.29 is 18.7 Å². The van der Waals surface area contributed by atoms with Crippen LogP contribution in [0.3, 0.4) is 0 Å². The van der Waals surface area contributed by atoms with Crippen molar-refractivity contribution in [2.75, 3.05) is 20.2 Å². The summed E-state index contributed by atoms with van der Waals surface area (Å²) in [5, 5.41) is 3.02. The van der Waals surface area contributed by atoms with Gasteiger partial charge in [0.1, 0.15) is 12.4 Å². The van der Waals surface area contributed by atoms with Crippen LogP contribution in [0.15, 0.2) is 48.5 Å². The number of halogens is 1. The smallest absolute Gasteiger partial charge is 0.317 e. The fourth-order valence-electron chi connectivity index (χ4n) is 3.24. The molecule has 0 aromatic heterocycles. The van der Waals surface area contributed by atoms with Crippen molar-refractivity contribution in [1.29, 1.82) is 0 Å². The average Bonchev–Trinajstić information content (AvgIpc) is 3.41. The second-order valence-corrected chi connectivity index (χ2v) is 6.83. The molecule has 2 aromatic carbocycles. The maximum Gasteiger partial charge on any atom is 0.317 e. The Bertz CT molecular complexity index is 796. The summed E-state index contributed by atoms with van der Waals surface area (Å²) in [4.78, 5) is 14.0. The molecule has 6 heteroatoms. The predicted octanol–water partition coefficient (Wildman–Crippen LogP) is 3.16. The van der Waals surface area contributed by atoms with Gasteiger partial charge in [-0.1, -0.05) is 24.3 Å². The van der Waals surface area contributed by atoms with E-state index in [2.05, 4.69) is 5.32 Å². The summed E-state index contributed by atoms with van der Waals surface area (Å²) >= 11 is 0. The number of rotatable bonds is 4. The molecule has 4 rings (SSSR count). The highest BCUT2D eigenvalue weighted by molar-refractivity contribution is 5.75. The van der Waals surface area contributed by atoms with E-state index in [0.717, 1.165) is 17.7 Å². The predicted molar refractivity (Wildman–Crippen MR) is 95.1 cm³/mol. The van der Waals surface area contributed by atoms with E-state index in [1.54, 1.807) is 24.1 Å². The zero-order valence-electron chi connectivity index (χ0n) is 14.5. The highest BCUT2D eigenvalue weighted by Gasteiger charge is 2.40. The molecule has 0 spiro atoms. The highest BCUT2D eigenvalue weighted by atomic mass is 19.1. The molecule has 5 nitrogen and oxygen atoms in total. The minimum atomic E-state index is -0.244. The maximum absolute atomic E-state index is 13.0. The number of amides is 2. The summed E-state index contributed by atoms with van der Waals surface area (Å²) in [5.74, 6) is 1.45. The van der Waals surface area contributed by atoms with Crippen LogP contribution in [0.2, 0.25) is 0 Å². The maximum atomic E-state index is 13.0. The molecular formula is C20H21FN2O3. The lowest BCUT2D eigenvalue weighted by molar-refractivity contribution is 0.0715. The summed E-state index contributed by atoms with van der Waals surface area (Å²) in [6.07, 6.45) is 0.675. The molecular weight excluding hydrogens is 335 g/mol. The van der Waals surface area contributed by atoms with E-state index in [9.17, 15) is 9.18 Å². The molecule has 0 radical (unpaired) electrons. The minimum Gasteiger partial charge on any atom is -0.486 e. The second kappa shape index (κ2) is 6.86. The molecule has 136 valence electrons. The number of urea groups is 1. The molecule has 2 amide bonds. The number of nitrogens with zero attached hydrogens (tertiary/aromatic N) is 1. The van der Waals surface area contributed by atoms with Crippen LogP contribution in [0.5, 0.6) is 11.5 Å². The van der Waals surface area contributed by atoms with Gasteiger partial charge in [0.25, 0.3) is 0 Å². The van der Waals surface area contributed by atoms with Gasteiger partial charge in [-0.15, -0.1) is 0 Å². The van der Waals surface area contributed by atoms with Gasteiger partial charge in [-0.05, 0) is 36.2 Å². The van der Waals surface area contributed by atoms with Gasteiger partial charge < -0.3 is 19.7 Å². The molecule has 1 N–H and O–H groups in total. The van der Waals surface area contributed by atoms with Gasteiger partial charge in [0.2, 0.25) is 0 Å². The van der Waals surface area contributed by atoms with E-state index < -0.39 is 0 Å². The Hall–Kier alpha value is -2.76. The summed E-state index contributed by atoms with van der Waals surface area (Å²) in [7, 11) is 1.74. The molecule has 26 heavy (non-hydrogen) atoms. The third-order valence-corrected chi connectivity index (χ3v) is 4.79. The molecule has 0 saturated heterocycles. The van der Waals surface area contributed by atoms with E-state index in [4.69, 9.17) is 9.47 Å². The van der Waals surface area contributed by atoms with Crippen molar-refractivity contribution >= 4 is 6.03 Å². The van der Waals surface area contributed by atoms with Gasteiger partial charge in [0, 0.05) is 19.0 Å². The molecule has 1 aliphatic carbocycles. The van der Waals surface area contributed by atoms with Crippen molar-refractivity contribution in [2.24, 2.45) is 0 Å². The van der Waals surface area contributed by atoms with E-state index in [1.165, 1.54) is 12.1 Å². The lowest BCUT2D eigenvalue weighted by Crippen LogP contribution is -2.46. The van der Waals surface area contributed by atoms with Crippen LogP contribution in [-0.2, 0) is 0 Å². The quantitative estimate of drug-likeness (QED) is 0.916. The van der Waals surface area contributed by atoms with Gasteiger partial charge in [-0.2, -0.15) is 0 Å². The molecule has 2 aliphatic rings. The van der Waals surface area contributed by atoms with Gasteiger partial charge in [-0.25, -0.2) is 9.18 Å². The van der Waals surface area contributed by atoms with E-state index in [1.807, 2.05) is 24.3 Å². The van der Waals surface area contributed by atoms with Crippen molar-refractivity contribution in [2.45, 2.75) is 24.5 Å². The molecule has 1 heterocycles. The number of nitrogens with one attached hydrogen (secondary N) is 1. The topological polar surface area (TPSA) is 50.8 Å². The van der Waals surface area contributed by atoms with Crippen LogP contribution < -0.4 is 14.8 Å². The van der Waals surface area contributed by atoms with E-state index >= 15 is 0 Å². The number of hydrogen-bond acceptors (Lipinski definition) is 3. The number of hydrogen-bond donors (Lipinski definition) is 1. The molecule has 0 bridgehead atoms. The third-order valence-electron chi connectivity index (χ3n) is 4.79. The number of benzene rings is 2. The Morgan fingerprint density at radius 3 is 2.69 bits per heavy atom. The molecule has 1 aliphatic heterocycles. The molecule has 0 unspecified atom stereocenters. The minimum absolute atomic E-state index is 0.0969. The van der Waals surface area contributed by atoms with Crippen LogP contribution in [0.25, 0.3) is 0 Å². The summed E-state index contributed by atoms with van der Waals surface area (Å²) in [6, 6.07) is 13.9. The first-order valence-electron chi connectivity index (χ1n) is 8.76. The Morgan fingerprint density at radius 1 is 1.19 bits per heavy atom. The zero-order chi connectivity index (χ0) is 18.1. The number of fused-ring (bicyclic) bond motifs is 1. The van der Waals surface area contributed by atoms with Crippen LogP contribution >= 0.6 is 0 Å². The number of ether oxygens (including phenoxy) is 2. The monoisotopic (exact) mass is 356 g/mol. The van der Waals surface area contributed by atoms with Gasteiger partial charge in [-0.3, -0.25) is 0 Å². The van der Waals surface area contributed by atoms with Crippen LogP contribution in [0.4, 0.5) is 9.18 Å². The van der Waals surface area contributed by atoms with Crippen molar-refractivity contribution in [1.82, 2.24) is 10.2 Å². The summed E-state index contributed by atoms with van der Waals surface area (Å²) in [6.45, 7) is 0.852. The summed E-state index contributed by atoms with van der Waals surface area (Å²) in [5.41, 5.74) is 1.06.